The first-order valence-electron chi connectivity index (χ1n) is 8.36. The van der Waals surface area contributed by atoms with Crippen LogP contribution < -0.4 is 16.2 Å². The van der Waals surface area contributed by atoms with Crippen LogP contribution in [0, 0.1) is 0 Å². The monoisotopic (exact) mass is 391 g/mol. The first-order valence-corrected chi connectivity index (χ1v) is 9.73. The van der Waals surface area contributed by atoms with E-state index in [0.717, 1.165) is 24.3 Å². The lowest BCUT2D eigenvalue weighted by Gasteiger charge is -2.29. The molecule has 3 saturated heterocycles. The zero-order valence-corrected chi connectivity index (χ0v) is 14.7. The Labute approximate surface area is 150 Å². The fourth-order valence-corrected chi connectivity index (χ4v) is 3.86. The number of carbonyl (C=O) groups is 3. The lowest BCUT2D eigenvalue weighted by molar-refractivity contribution is -0.133. The molecule has 12 nitrogen and oxygen atoms in total. The van der Waals surface area contributed by atoms with Gasteiger partial charge in [0.15, 0.2) is 0 Å². The van der Waals surface area contributed by atoms with E-state index in [0.29, 0.717) is 17.9 Å². The van der Waals surface area contributed by atoms with Crippen LogP contribution in [0.2, 0.25) is 0 Å². The largest absolute Gasteiger partial charge is 0.418 e. The molecule has 0 radical (unpaired) electrons. The lowest BCUT2D eigenvalue weighted by atomic mass is 10.0. The second kappa shape index (κ2) is 7.34. The molecule has 4 amide bonds. The Balaban J connectivity index is 1.56. The Kier molecular flexibility index (Phi) is 5.32. The van der Waals surface area contributed by atoms with E-state index in [-0.39, 0.29) is 24.9 Å². The maximum atomic E-state index is 12.3. The fourth-order valence-electron chi connectivity index (χ4n) is 3.47. The van der Waals surface area contributed by atoms with Crippen LogP contribution in [0.3, 0.4) is 0 Å². The molecule has 0 aromatic heterocycles. The molecular weight excluding hydrogens is 370 g/mol. The summed E-state index contributed by atoms with van der Waals surface area (Å²) in [6.07, 6.45) is 3.19. The van der Waals surface area contributed by atoms with E-state index >= 15 is 0 Å². The van der Waals surface area contributed by atoms with Crippen molar-refractivity contribution in [3.8, 4) is 0 Å². The Morgan fingerprint density at radius 1 is 1.15 bits per heavy atom. The summed E-state index contributed by atoms with van der Waals surface area (Å²) in [7, 11) is -4.84. The van der Waals surface area contributed by atoms with Crippen LogP contribution in [0.1, 0.15) is 32.1 Å². The molecule has 2 bridgehead atoms. The highest BCUT2D eigenvalue weighted by Gasteiger charge is 2.49. The van der Waals surface area contributed by atoms with Gasteiger partial charge < -0.3 is 10.2 Å². The lowest BCUT2D eigenvalue weighted by Crippen LogP contribution is -2.57. The van der Waals surface area contributed by atoms with Gasteiger partial charge in [0, 0.05) is 6.54 Å². The number of rotatable bonds is 4. The number of hydrogen-bond acceptors (Lipinski definition) is 7. The third-order valence-electron chi connectivity index (χ3n) is 4.74. The number of urea groups is 1. The van der Waals surface area contributed by atoms with Crippen molar-refractivity contribution >= 4 is 28.2 Å². The molecular formula is C13H21N5O7S. The molecule has 3 heterocycles. The summed E-state index contributed by atoms with van der Waals surface area (Å²) in [6.45, 7) is 0.826. The van der Waals surface area contributed by atoms with Gasteiger partial charge in [-0.3, -0.25) is 25.0 Å². The normalized spacial score (nSPS) is 28.8. The number of carbonyl (C=O) groups excluding carboxylic acids is 3. The molecule has 0 saturated carbocycles. The summed E-state index contributed by atoms with van der Waals surface area (Å²) in [5, 5.41) is 3.61. The summed E-state index contributed by atoms with van der Waals surface area (Å²) in [6, 6.07) is -2.64. The van der Waals surface area contributed by atoms with E-state index in [1.54, 1.807) is 0 Å². The fraction of sp³-hybridized carbons (Fsp3) is 0.769. The Morgan fingerprint density at radius 2 is 1.88 bits per heavy atom. The minimum Gasteiger partial charge on any atom is -0.309 e. The van der Waals surface area contributed by atoms with Gasteiger partial charge in [-0.05, 0) is 32.2 Å². The minimum atomic E-state index is -4.84. The summed E-state index contributed by atoms with van der Waals surface area (Å²) in [5.41, 5.74) is 4.67. The van der Waals surface area contributed by atoms with Crippen molar-refractivity contribution in [2.24, 2.45) is 0 Å². The van der Waals surface area contributed by atoms with Crippen LogP contribution in [-0.2, 0) is 24.3 Å². The Bertz CT molecular complexity index is 693. The molecule has 0 aromatic carbocycles. The molecule has 0 aromatic rings. The van der Waals surface area contributed by atoms with Gasteiger partial charge in [-0.25, -0.2) is 4.79 Å². The highest BCUT2D eigenvalue weighted by Crippen LogP contribution is 2.30. The van der Waals surface area contributed by atoms with Crippen molar-refractivity contribution < 1.29 is 31.6 Å². The van der Waals surface area contributed by atoms with E-state index in [4.69, 9.17) is 4.55 Å². The minimum absolute atomic E-state index is 0.0879. The van der Waals surface area contributed by atoms with Gasteiger partial charge in [-0.1, -0.05) is 6.42 Å². The molecule has 3 aliphatic heterocycles. The van der Waals surface area contributed by atoms with Crippen molar-refractivity contribution in [1.29, 1.82) is 0 Å². The van der Waals surface area contributed by atoms with Crippen LogP contribution >= 0.6 is 0 Å². The Morgan fingerprint density at radius 3 is 2.54 bits per heavy atom. The van der Waals surface area contributed by atoms with Crippen molar-refractivity contribution in [3.05, 3.63) is 0 Å². The summed E-state index contributed by atoms with van der Waals surface area (Å²) in [5.74, 6) is -0.925. The summed E-state index contributed by atoms with van der Waals surface area (Å²) in [4.78, 5) is 37.8. The van der Waals surface area contributed by atoms with E-state index in [1.807, 2.05) is 0 Å². The van der Waals surface area contributed by atoms with Gasteiger partial charge >= 0.3 is 16.4 Å². The van der Waals surface area contributed by atoms with E-state index in [1.165, 1.54) is 0 Å². The van der Waals surface area contributed by atoms with Gasteiger partial charge in [0.1, 0.15) is 6.04 Å². The molecule has 0 spiro atoms. The molecule has 26 heavy (non-hydrogen) atoms. The van der Waals surface area contributed by atoms with Crippen molar-refractivity contribution in [1.82, 2.24) is 26.1 Å². The van der Waals surface area contributed by atoms with Crippen molar-refractivity contribution in [2.75, 3.05) is 13.1 Å². The number of hydrogen-bond donors (Lipinski definition) is 4. The van der Waals surface area contributed by atoms with Crippen LogP contribution in [0.5, 0.6) is 0 Å². The zero-order chi connectivity index (χ0) is 18.9. The number of hydroxylamine groups is 2. The molecule has 3 fully saturated rings. The standard InChI is InChI=1S/C13H21N5O7S/c19-11(9-3-1-2-6-14-9)15-16-12(20)10-5-4-8-7-17(10)13(21)18(8)25-26(22,23)24/h8-10,14H,1-7H2,(H,15,19)(H,16,20)(H,22,23,24)/t8-,9?,10+/m1/s1. The Hall–Kier alpha value is -1.96. The molecule has 4 N–H and O–H groups in total. The molecule has 0 aliphatic carbocycles. The number of nitrogens with one attached hydrogen (secondary N) is 3. The third kappa shape index (κ3) is 4.06. The van der Waals surface area contributed by atoms with Gasteiger partial charge in [0.05, 0.1) is 12.1 Å². The predicted octanol–water partition coefficient (Wildman–Crippen LogP) is -1.72. The molecule has 13 heteroatoms. The number of fused-ring (bicyclic) bond motifs is 2. The van der Waals surface area contributed by atoms with E-state index in [2.05, 4.69) is 20.5 Å². The van der Waals surface area contributed by atoms with Gasteiger partial charge in [-0.15, -0.1) is 4.28 Å². The summed E-state index contributed by atoms with van der Waals surface area (Å²) >= 11 is 0. The highest BCUT2D eigenvalue weighted by atomic mass is 32.3. The zero-order valence-electron chi connectivity index (χ0n) is 13.9. The van der Waals surface area contributed by atoms with Crippen molar-refractivity contribution in [2.45, 2.75) is 50.2 Å². The van der Waals surface area contributed by atoms with Gasteiger partial charge in [0.25, 0.3) is 11.8 Å². The number of amides is 4. The first kappa shape index (κ1) is 18.8. The molecule has 146 valence electrons. The van der Waals surface area contributed by atoms with Crippen molar-refractivity contribution in [3.63, 3.8) is 0 Å². The first-order chi connectivity index (χ1) is 12.3. The highest BCUT2D eigenvalue weighted by molar-refractivity contribution is 7.80. The van der Waals surface area contributed by atoms with Gasteiger partial charge in [-0.2, -0.15) is 13.5 Å². The van der Waals surface area contributed by atoms with Crippen LogP contribution in [0.4, 0.5) is 4.79 Å². The second-order valence-electron chi connectivity index (χ2n) is 6.49. The maximum absolute atomic E-state index is 12.3. The van der Waals surface area contributed by atoms with Crippen LogP contribution in [0.25, 0.3) is 0 Å². The smallest absolute Gasteiger partial charge is 0.309 e. The third-order valence-corrected chi connectivity index (χ3v) is 5.08. The maximum Gasteiger partial charge on any atom is 0.418 e. The SMILES string of the molecule is O=C(NNC(=O)[C@@H]1CC[C@@H]2CN1C(=O)N2OS(=O)(=O)O)C1CCCCN1. The average Bonchev–Trinajstić information content (AvgIpc) is 2.84. The number of nitrogens with zero attached hydrogens (tertiary/aromatic N) is 2. The summed E-state index contributed by atoms with van der Waals surface area (Å²) < 4.78 is 34.8. The topological polar surface area (TPSA) is 157 Å². The van der Waals surface area contributed by atoms with Gasteiger partial charge in [0.2, 0.25) is 0 Å². The quantitative estimate of drug-likeness (QED) is 0.325. The molecule has 3 atom stereocenters. The number of hydrazine groups is 1. The molecule has 3 aliphatic rings. The van der Waals surface area contributed by atoms with E-state index in [9.17, 15) is 22.8 Å². The predicted molar refractivity (Wildman–Crippen MR) is 85.3 cm³/mol. The molecule has 1 unspecified atom stereocenters. The number of piperidine rings is 2. The van der Waals surface area contributed by atoms with Crippen LogP contribution in [-0.4, -0.2) is 72.0 Å². The van der Waals surface area contributed by atoms with Crippen LogP contribution in [0.15, 0.2) is 0 Å². The molecule has 3 rings (SSSR count). The van der Waals surface area contributed by atoms with E-state index < -0.39 is 34.4 Å². The average molecular weight is 391 g/mol. The second-order valence-corrected chi connectivity index (χ2v) is 7.50.